The molecule has 0 amide bonds. The minimum atomic E-state index is 0.690. The molecule has 2 aromatic rings. The molecule has 0 bridgehead atoms. The standard InChI is InChI=1S/C18H26N4O2/c1-4-5-8-19-17-13-11-15(23-2)16(24-3)12-14(13)20-18(21-17)22-9-6-7-10-22/h11-12H,4-10H2,1-3H3,(H,19,20,21). The minimum Gasteiger partial charge on any atom is -0.493 e. The van der Waals surface area contributed by atoms with Crippen LogP contribution in [0.25, 0.3) is 10.9 Å². The summed E-state index contributed by atoms with van der Waals surface area (Å²) < 4.78 is 10.9. The van der Waals surface area contributed by atoms with Crippen LogP contribution in [0, 0.1) is 0 Å². The van der Waals surface area contributed by atoms with E-state index in [1.165, 1.54) is 12.8 Å². The van der Waals surface area contributed by atoms with Crippen molar-refractivity contribution in [2.75, 3.05) is 44.1 Å². The van der Waals surface area contributed by atoms with Gasteiger partial charge in [0.1, 0.15) is 5.82 Å². The highest BCUT2D eigenvalue weighted by molar-refractivity contribution is 5.92. The van der Waals surface area contributed by atoms with Crippen LogP contribution in [0.5, 0.6) is 11.5 Å². The van der Waals surface area contributed by atoms with Gasteiger partial charge in [-0.15, -0.1) is 0 Å². The number of hydrogen-bond donors (Lipinski definition) is 1. The van der Waals surface area contributed by atoms with Gasteiger partial charge in [-0.3, -0.25) is 0 Å². The van der Waals surface area contributed by atoms with E-state index in [0.29, 0.717) is 11.5 Å². The number of unbranched alkanes of at least 4 members (excludes halogenated alkanes) is 1. The molecule has 6 nitrogen and oxygen atoms in total. The number of nitrogens with one attached hydrogen (secondary N) is 1. The maximum Gasteiger partial charge on any atom is 0.227 e. The van der Waals surface area contributed by atoms with Gasteiger partial charge < -0.3 is 19.7 Å². The molecule has 1 aromatic heterocycles. The summed E-state index contributed by atoms with van der Waals surface area (Å²) in [5, 5.41) is 4.43. The zero-order valence-electron chi connectivity index (χ0n) is 14.8. The van der Waals surface area contributed by atoms with Crippen molar-refractivity contribution in [3.05, 3.63) is 12.1 Å². The summed E-state index contributed by atoms with van der Waals surface area (Å²) >= 11 is 0. The van der Waals surface area contributed by atoms with E-state index in [1.807, 2.05) is 12.1 Å². The number of nitrogens with zero attached hydrogens (tertiary/aromatic N) is 3. The molecule has 1 N–H and O–H groups in total. The van der Waals surface area contributed by atoms with Crippen LogP contribution >= 0.6 is 0 Å². The Kier molecular flexibility index (Phi) is 5.23. The summed E-state index contributed by atoms with van der Waals surface area (Å²) in [6.45, 7) is 5.13. The van der Waals surface area contributed by atoms with Gasteiger partial charge in [0.05, 0.1) is 19.7 Å². The fraction of sp³-hybridized carbons (Fsp3) is 0.556. The van der Waals surface area contributed by atoms with Gasteiger partial charge in [-0.1, -0.05) is 13.3 Å². The van der Waals surface area contributed by atoms with E-state index in [2.05, 4.69) is 17.1 Å². The maximum absolute atomic E-state index is 5.44. The molecule has 3 rings (SSSR count). The first kappa shape index (κ1) is 16.6. The number of anilines is 2. The number of benzene rings is 1. The van der Waals surface area contributed by atoms with Crippen LogP contribution in [0.3, 0.4) is 0 Å². The minimum absolute atomic E-state index is 0.690. The predicted molar refractivity (Wildman–Crippen MR) is 97.5 cm³/mol. The van der Waals surface area contributed by atoms with E-state index in [1.54, 1.807) is 14.2 Å². The van der Waals surface area contributed by atoms with E-state index in [0.717, 1.165) is 55.1 Å². The van der Waals surface area contributed by atoms with Gasteiger partial charge >= 0.3 is 0 Å². The fourth-order valence-corrected chi connectivity index (χ4v) is 3.02. The molecular formula is C18H26N4O2. The van der Waals surface area contributed by atoms with Gasteiger partial charge in [-0.2, -0.15) is 4.98 Å². The lowest BCUT2D eigenvalue weighted by atomic mass is 10.2. The average Bonchev–Trinajstić information content (AvgIpc) is 3.15. The lowest BCUT2D eigenvalue weighted by molar-refractivity contribution is 0.356. The Bertz CT molecular complexity index is 699. The molecule has 0 atom stereocenters. The third-order valence-electron chi connectivity index (χ3n) is 4.40. The van der Waals surface area contributed by atoms with E-state index >= 15 is 0 Å². The molecule has 2 heterocycles. The van der Waals surface area contributed by atoms with Crippen molar-refractivity contribution < 1.29 is 9.47 Å². The number of rotatable bonds is 7. The number of methoxy groups -OCH3 is 2. The number of ether oxygens (including phenoxy) is 2. The molecule has 0 unspecified atom stereocenters. The van der Waals surface area contributed by atoms with Crippen molar-refractivity contribution >= 4 is 22.7 Å². The summed E-state index contributed by atoms with van der Waals surface area (Å²) in [5.74, 6) is 3.05. The van der Waals surface area contributed by atoms with Crippen molar-refractivity contribution in [1.29, 1.82) is 0 Å². The predicted octanol–water partition coefficient (Wildman–Crippen LogP) is 3.46. The van der Waals surface area contributed by atoms with Crippen molar-refractivity contribution in [2.24, 2.45) is 0 Å². The van der Waals surface area contributed by atoms with Crippen LogP contribution < -0.4 is 19.7 Å². The molecule has 1 aromatic carbocycles. The Morgan fingerprint density at radius 2 is 1.79 bits per heavy atom. The number of fused-ring (bicyclic) bond motifs is 1. The molecular weight excluding hydrogens is 304 g/mol. The van der Waals surface area contributed by atoms with Gasteiger partial charge in [0.25, 0.3) is 0 Å². The van der Waals surface area contributed by atoms with Crippen molar-refractivity contribution in [1.82, 2.24) is 9.97 Å². The molecule has 1 saturated heterocycles. The Morgan fingerprint density at radius 3 is 2.46 bits per heavy atom. The third kappa shape index (κ3) is 3.32. The van der Waals surface area contributed by atoms with Gasteiger partial charge in [-0.05, 0) is 25.3 Å². The molecule has 0 aliphatic carbocycles. The first-order chi connectivity index (χ1) is 11.8. The lowest BCUT2D eigenvalue weighted by Gasteiger charge is -2.18. The van der Waals surface area contributed by atoms with Crippen LogP contribution in [-0.4, -0.2) is 43.8 Å². The molecule has 1 fully saturated rings. The fourth-order valence-electron chi connectivity index (χ4n) is 3.02. The second kappa shape index (κ2) is 7.55. The van der Waals surface area contributed by atoms with Crippen LogP contribution in [0.1, 0.15) is 32.6 Å². The Morgan fingerprint density at radius 1 is 1.08 bits per heavy atom. The van der Waals surface area contributed by atoms with Crippen LogP contribution in [0.15, 0.2) is 12.1 Å². The Balaban J connectivity index is 2.07. The van der Waals surface area contributed by atoms with Crippen LogP contribution in [0.2, 0.25) is 0 Å². The van der Waals surface area contributed by atoms with Gasteiger partial charge in [0.15, 0.2) is 11.5 Å². The summed E-state index contributed by atoms with van der Waals surface area (Å²) in [6.07, 6.45) is 4.65. The second-order valence-corrected chi connectivity index (χ2v) is 6.07. The molecule has 6 heteroatoms. The molecule has 0 spiro atoms. The smallest absolute Gasteiger partial charge is 0.227 e. The third-order valence-corrected chi connectivity index (χ3v) is 4.40. The highest BCUT2D eigenvalue weighted by Gasteiger charge is 2.19. The van der Waals surface area contributed by atoms with Gasteiger partial charge in [0.2, 0.25) is 5.95 Å². The zero-order chi connectivity index (χ0) is 16.9. The van der Waals surface area contributed by atoms with E-state index in [-0.39, 0.29) is 0 Å². The number of hydrogen-bond acceptors (Lipinski definition) is 6. The van der Waals surface area contributed by atoms with Crippen LogP contribution in [0.4, 0.5) is 11.8 Å². The first-order valence-electron chi connectivity index (χ1n) is 8.69. The highest BCUT2D eigenvalue weighted by Crippen LogP contribution is 2.35. The summed E-state index contributed by atoms with van der Waals surface area (Å²) in [4.78, 5) is 11.8. The molecule has 0 radical (unpaired) electrons. The molecule has 130 valence electrons. The quantitative estimate of drug-likeness (QED) is 0.785. The molecule has 1 aliphatic rings. The summed E-state index contributed by atoms with van der Waals surface area (Å²) in [6, 6.07) is 3.89. The van der Waals surface area contributed by atoms with Gasteiger partial charge in [-0.25, -0.2) is 4.98 Å². The van der Waals surface area contributed by atoms with Crippen LogP contribution in [-0.2, 0) is 0 Å². The van der Waals surface area contributed by atoms with Crippen molar-refractivity contribution in [3.63, 3.8) is 0 Å². The summed E-state index contributed by atoms with van der Waals surface area (Å²) in [7, 11) is 3.29. The molecule has 24 heavy (non-hydrogen) atoms. The zero-order valence-corrected chi connectivity index (χ0v) is 14.8. The van der Waals surface area contributed by atoms with Crippen molar-refractivity contribution in [3.8, 4) is 11.5 Å². The maximum atomic E-state index is 5.44. The molecule has 1 aliphatic heterocycles. The lowest BCUT2D eigenvalue weighted by Crippen LogP contribution is -2.21. The highest BCUT2D eigenvalue weighted by atomic mass is 16.5. The Labute approximate surface area is 143 Å². The molecule has 0 saturated carbocycles. The van der Waals surface area contributed by atoms with E-state index in [9.17, 15) is 0 Å². The second-order valence-electron chi connectivity index (χ2n) is 6.07. The van der Waals surface area contributed by atoms with Gasteiger partial charge in [0, 0.05) is 31.1 Å². The summed E-state index contributed by atoms with van der Waals surface area (Å²) in [5.41, 5.74) is 0.878. The van der Waals surface area contributed by atoms with Crippen molar-refractivity contribution in [2.45, 2.75) is 32.6 Å². The monoisotopic (exact) mass is 330 g/mol. The first-order valence-corrected chi connectivity index (χ1v) is 8.69. The SMILES string of the molecule is CCCCNc1nc(N2CCCC2)nc2cc(OC)c(OC)cc12. The van der Waals surface area contributed by atoms with E-state index < -0.39 is 0 Å². The largest absolute Gasteiger partial charge is 0.493 e. The van der Waals surface area contributed by atoms with E-state index in [4.69, 9.17) is 19.4 Å². The topological polar surface area (TPSA) is 59.5 Å². The average molecular weight is 330 g/mol. The Hall–Kier alpha value is -2.24. The normalized spacial score (nSPS) is 14.2. The number of aromatic nitrogens is 2.